The van der Waals surface area contributed by atoms with Crippen LogP contribution in [0.1, 0.15) is 143 Å². The van der Waals surface area contributed by atoms with Crippen LogP contribution in [-0.4, -0.2) is 44.3 Å². The van der Waals surface area contributed by atoms with Gasteiger partial charge < -0.3 is 23.4 Å². The zero-order valence-corrected chi connectivity index (χ0v) is 44.6. The van der Waals surface area contributed by atoms with E-state index in [0.717, 1.165) is 0 Å². The van der Waals surface area contributed by atoms with Crippen molar-refractivity contribution in [3.63, 3.8) is 0 Å². The fourth-order valence-electron chi connectivity index (χ4n) is 9.02. The van der Waals surface area contributed by atoms with Gasteiger partial charge in [-0.3, -0.25) is 4.48 Å². The molecule has 4 aromatic rings. The Bertz CT molecular complexity index is 2510. The largest absolute Gasteiger partial charge is 0.864 e. The number of alkyl halides is 24. The molecular weight excluding hydrogens is 1190 g/mol. The van der Waals surface area contributed by atoms with Gasteiger partial charge >= 0.3 is 56.7 Å². The van der Waals surface area contributed by atoms with Crippen LogP contribution < -0.4 is 14.0 Å². The minimum absolute atomic E-state index is 0.0299. The summed E-state index contributed by atoms with van der Waals surface area (Å²) >= 11 is 0. The first-order chi connectivity index (χ1) is 37.9. The minimum atomic E-state index is -5.80. The Labute approximate surface area is 460 Å². The first-order valence-electron chi connectivity index (χ1n) is 25.1. The molecule has 83 heavy (non-hydrogen) atoms. The Morgan fingerprint density at radius 1 is 0.422 bits per heavy atom. The van der Waals surface area contributed by atoms with E-state index in [-0.39, 0.29) is 81.4 Å². The van der Waals surface area contributed by atoms with Gasteiger partial charge in [-0.2, -0.15) is 124 Å². The highest BCUT2D eigenvalue weighted by Crippen LogP contribution is 2.54. The van der Waals surface area contributed by atoms with E-state index in [4.69, 9.17) is 23.4 Å². The maximum Gasteiger partial charge on any atom is 0.864 e. The van der Waals surface area contributed by atoms with Gasteiger partial charge in [0.2, 0.25) is 5.72 Å². The van der Waals surface area contributed by atoms with E-state index in [9.17, 15) is 92.2 Å². The molecular formula is C52H54BF24NO5. The van der Waals surface area contributed by atoms with Crippen molar-refractivity contribution in [3.05, 3.63) is 123 Å². The van der Waals surface area contributed by atoms with Crippen molar-refractivity contribution in [2.24, 2.45) is 0 Å². The van der Waals surface area contributed by atoms with Gasteiger partial charge in [-0.05, 0) is 88.1 Å². The van der Waals surface area contributed by atoms with Crippen molar-refractivity contribution in [2.45, 2.75) is 154 Å². The lowest BCUT2D eigenvalue weighted by Crippen LogP contribution is -2.70. The van der Waals surface area contributed by atoms with E-state index in [1.165, 1.54) is 13.8 Å². The molecule has 0 aromatic heterocycles. The van der Waals surface area contributed by atoms with Gasteiger partial charge in [0.1, 0.15) is 17.2 Å². The number of benzene rings is 4. The van der Waals surface area contributed by atoms with Crippen LogP contribution in [0.15, 0.2) is 66.7 Å². The minimum Gasteiger partial charge on any atom is -0.490 e. The van der Waals surface area contributed by atoms with Crippen molar-refractivity contribution in [1.29, 1.82) is 0 Å². The maximum absolute atomic E-state index is 15.8. The van der Waals surface area contributed by atoms with Crippen LogP contribution >= 0.6 is 0 Å². The second-order valence-electron chi connectivity index (χ2n) is 18.3. The summed E-state index contributed by atoms with van der Waals surface area (Å²) < 4.78 is 360. The molecule has 0 amide bonds. The van der Waals surface area contributed by atoms with Crippen molar-refractivity contribution in [2.75, 3.05) is 26.3 Å². The molecule has 0 bridgehead atoms. The molecule has 0 saturated heterocycles. The smallest absolute Gasteiger partial charge is 0.490 e. The fourth-order valence-corrected chi connectivity index (χ4v) is 9.02. The van der Waals surface area contributed by atoms with E-state index >= 15 is 13.2 Å². The van der Waals surface area contributed by atoms with Crippen LogP contribution in [0.2, 0.25) is 0 Å². The molecule has 0 N–H and O–H groups in total. The third-order valence-electron chi connectivity index (χ3n) is 12.5. The molecule has 2 atom stereocenters. The van der Waals surface area contributed by atoms with Crippen molar-refractivity contribution >= 4 is 7.32 Å². The van der Waals surface area contributed by atoms with E-state index in [0.29, 0.717) is 37.8 Å². The van der Waals surface area contributed by atoms with Crippen LogP contribution in [0.25, 0.3) is 0 Å². The molecule has 0 heterocycles. The maximum atomic E-state index is 15.8. The Morgan fingerprint density at radius 2 is 0.783 bits per heavy atom. The van der Waals surface area contributed by atoms with Crippen LogP contribution in [-0.2, 0) is 64.6 Å². The molecule has 468 valence electrons. The molecule has 0 aliphatic rings. The predicted molar refractivity (Wildman–Crippen MR) is 251 cm³/mol. The summed E-state index contributed by atoms with van der Waals surface area (Å²) in [5.74, 6) is -4.83. The number of hydrogen-bond acceptors (Lipinski definition) is 5. The highest BCUT2D eigenvalue weighted by atomic mass is 19.4. The number of halogens is 24. The van der Waals surface area contributed by atoms with Crippen LogP contribution in [0.4, 0.5) is 105 Å². The summed E-state index contributed by atoms with van der Waals surface area (Å²) in [5.41, 5.74) is -19.2. The first kappa shape index (κ1) is 71.8. The Morgan fingerprint density at radius 3 is 1.08 bits per heavy atom. The van der Waals surface area contributed by atoms with Gasteiger partial charge in [0.05, 0.1) is 65.2 Å². The average molecular weight is 1240 g/mol. The topological polar surface area (TPSA) is 46.2 Å². The van der Waals surface area contributed by atoms with Crippen LogP contribution in [0.3, 0.4) is 0 Å². The van der Waals surface area contributed by atoms with Gasteiger partial charge in [-0.25, -0.2) is 0 Å². The SMILES string of the molecule is CCCCC[N+](CCCCC)(C(CC)OCC)C(CC)(OCC)c1c(OB(Oc2cc(C(F)(F)F)cc(C(F)(F)F)c2)Oc2cc(C(F)(F)F)cc(C(F)(F)F)c2)cc(C(F)(F)F)cc1C(F)(F)F.FC(F)(F)c1c[c-]cc(C(F)(F)F)c1. The predicted octanol–water partition coefficient (Wildman–Crippen LogP) is 19.4. The van der Waals surface area contributed by atoms with E-state index in [1.54, 1.807) is 33.8 Å². The molecule has 6 nitrogen and oxygen atoms in total. The summed E-state index contributed by atoms with van der Waals surface area (Å²) in [4.78, 5) is 0. The number of quaternary nitrogens is 1. The third-order valence-corrected chi connectivity index (χ3v) is 12.5. The number of unbranched alkanes of at least 4 members (excludes halogenated alkanes) is 4. The van der Waals surface area contributed by atoms with Gasteiger partial charge in [0.25, 0.3) is 0 Å². The zero-order chi connectivity index (χ0) is 63.6. The molecule has 0 spiro atoms. The normalized spacial score (nSPS) is 14.4. The molecule has 0 fully saturated rings. The summed E-state index contributed by atoms with van der Waals surface area (Å²) in [6, 6.07) is 0.966. The van der Waals surface area contributed by atoms with Gasteiger partial charge in [0.15, 0.2) is 6.23 Å². The second kappa shape index (κ2) is 27.7. The average Bonchev–Trinajstić information content (AvgIpc) is 1.72. The van der Waals surface area contributed by atoms with Crippen LogP contribution in [0.5, 0.6) is 17.2 Å². The lowest BCUT2D eigenvalue weighted by Gasteiger charge is -2.56. The Kier molecular flexibility index (Phi) is 24.0. The standard InChI is InChI=1S/C44H51BF18NO5.C8H3F6/c1-7-13-15-17-64(18-16-14-8-2,36(9-3)65-11-5)38(10-4,66-12-6)37-34(44(61,62)63)25-31(43(58,59)60)26-35(37)69-45(67-32-21-27(39(46,47)48)19-28(22-32)40(49,50)51)68-33-23-29(41(52,53)54)20-30(24-33)42(55,56)57;9-7(10,11)5-2-1-3-6(4-5)8(12,13)14/h19-26,36H,7-18H2,1-6H3;2-4H/q+1;-1. The fraction of sp³-hybridized carbons (Fsp3) is 0.538. The molecule has 31 heteroatoms. The van der Waals surface area contributed by atoms with Gasteiger partial charge in [-0.15, -0.1) is 6.07 Å². The van der Waals surface area contributed by atoms with Gasteiger partial charge in [-0.1, -0.05) is 51.7 Å². The number of nitrogens with zero attached hydrogens (tertiary/aromatic N) is 1. The summed E-state index contributed by atoms with van der Waals surface area (Å²) in [5, 5.41) is 0. The molecule has 0 aliphatic carbocycles. The number of ether oxygens (including phenoxy) is 2. The molecule has 0 radical (unpaired) electrons. The lowest BCUT2D eigenvalue weighted by molar-refractivity contribution is -1.05. The van der Waals surface area contributed by atoms with E-state index in [2.05, 4.69) is 0 Å². The van der Waals surface area contributed by atoms with Crippen molar-refractivity contribution in [3.8, 4) is 17.2 Å². The zero-order valence-electron chi connectivity index (χ0n) is 44.6. The molecule has 2 unspecified atom stereocenters. The second-order valence-corrected chi connectivity index (χ2v) is 18.3. The van der Waals surface area contributed by atoms with E-state index < -0.39 is 166 Å². The highest BCUT2D eigenvalue weighted by Gasteiger charge is 2.61. The van der Waals surface area contributed by atoms with Crippen molar-refractivity contribution in [1.82, 2.24) is 0 Å². The summed E-state index contributed by atoms with van der Waals surface area (Å²) in [6.07, 6.45) is -42.8. The van der Waals surface area contributed by atoms with Crippen LogP contribution in [0, 0.1) is 6.07 Å². The summed E-state index contributed by atoms with van der Waals surface area (Å²) in [6.45, 7) is 8.70. The quantitative estimate of drug-likeness (QED) is 0.0185. The Balaban J connectivity index is 0.00000112. The first-order valence-corrected chi connectivity index (χ1v) is 25.1. The highest BCUT2D eigenvalue weighted by molar-refractivity contribution is 6.39. The molecule has 4 aromatic carbocycles. The van der Waals surface area contributed by atoms with E-state index in [1.807, 2.05) is 0 Å². The Hall–Kier alpha value is -5.46. The third kappa shape index (κ3) is 19.0. The lowest BCUT2D eigenvalue weighted by atomic mass is 9.85. The summed E-state index contributed by atoms with van der Waals surface area (Å²) in [7, 11) is -3.38. The number of hydrogen-bond donors (Lipinski definition) is 0. The molecule has 0 saturated carbocycles. The van der Waals surface area contributed by atoms with Gasteiger partial charge in [0, 0.05) is 12.8 Å². The number of rotatable bonds is 23. The van der Waals surface area contributed by atoms with Crippen molar-refractivity contribution < 1.29 is 133 Å². The monoisotopic (exact) mass is 1240 g/mol. The molecule has 4 rings (SSSR count). The molecule has 0 aliphatic heterocycles.